The maximum atomic E-state index is 12.9. The van der Waals surface area contributed by atoms with Crippen LogP contribution in [0.5, 0.6) is 0 Å². The first-order chi connectivity index (χ1) is 10.3. The molecule has 0 N–H and O–H groups in total. The van der Waals surface area contributed by atoms with Crippen molar-refractivity contribution in [1.29, 1.82) is 0 Å². The van der Waals surface area contributed by atoms with Gasteiger partial charge < -0.3 is 0 Å². The fraction of sp³-hybridized carbons (Fsp3) is 0.263. The number of hydrogen-bond acceptors (Lipinski definition) is 2. The fourth-order valence-electron chi connectivity index (χ4n) is 3.04. The summed E-state index contributed by atoms with van der Waals surface area (Å²) in [5, 5.41) is 0. The van der Waals surface area contributed by atoms with E-state index in [4.69, 9.17) is 0 Å². The van der Waals surface area contributed by atoms with Crippen molar-refractivity contribution < 1.29 is 9.59 Å². The number of halogens is 1. The van der Waals surface area contributed by atoms with Crippen LogP contribution in [0.1, 0.15) is 52.6 Å². The van der Waals surface area contributed by atoms with E-state index >= 15 is 0 Å². The number of rotatable bonds is 1. The van der Waals surface area contributed by atoms with Gasteiger partial charge >= 0.3 is 0 Å². The molecule has 1 aliphatic rings. The van der Waals surface area contributed by atoms with Crippen LogP contribution in [0, 0.1) is 0 Å². The first-order valence-corrected chi connectivity index (χ1v) is 8.04. The molecular formula is C19H17BrO2. The highest BCUT2D eigenvalue weighted by molar-refractivity contribution is 9.10. The highest BCUT2D eigenvalue weighted by atomic mass is 79.9. The van der Waals surface area contributed by atoms with E-state index in [9.17, 15) is 9.59 Å². The minimum Gasteiger partial charge on any atom is -0.292 e. The monoisotopic (exact) mass is 356 g/mol. The van der Waals surface area contributed by atoms with Gasteiger partial charge in [-0.1, -0.05) is 85.2 Å². The van der Waals surface area contributed by atoms with E-state index in [1.54, 1.807) is 24.3 Å². The molecule has 0 aromatic heterocycles. The Morgan fingerprint density at radius 3 is 1.77 bits per heavy atom. The van der Waals surface area contributed by atoms with Gasteiger partial charge in [-0.25, -0.2) is 0 Å². The van der Waals surface area contributed by atoms with Gasteiger partial charge in [-0.2, -0.15) is 0 Å². The number of ketones is 2. The molecule has 0 unspecified atom stereocenters. The second-order valence-electron chi connectivity index (χ2n) is 6.66. The molecule has 22 heavy (non-hydrogen) atoms. The van der Waals surface area contributed by atoms with Gasteiger partial charge in [-0.3, -0.25) is 9.59 Å². The molecule has 2 aromatic carbocycles. The molecule has 0 saturated carbocycles. The molecule has 0 spiro atoms. The summed E-state index contributed by atoms with van der Waals surface area (Å²) in [7, 11) is 0. The Morgan fingerprint density at radius 2 is 1.27 bits per heavy atom. The van der Waals surface area contributed by atoms with E-state index in [-0.39, 0.29) is 17.0 Å². The van der Waals surface area contributed by atoms with Crippen molar-refractivity contribution in [2.24, 2.45) is 0 Å². The molecule has 2 nitrogen and oxygen atoms in total. The van der Waals surface area contributed by atoms with Crippen molar-refractivity contribution in [3.63, 3.8) is 0 Å². The highest BCUT2D eigenvalue weighted by Crippen LogP contribution is 2.47. The summed E-state index contributed by atoms with van der Waals surface area (Å²) >= 11 is 3.51. The SMILES string of the molecule is CC(C)(C)c1ccccc1C1(Br)C(=O)c2ccccc2C1=O. The minimum atomic E-state index is -1.30. The molecule has 2 aromatic rings. The van der Waals surface area contributed by atoms with Crippen LogP contribution in [0.15, 0.2) is 48.5 Å². The molecule has 0 atom stereocenters. The van der Waals surface area contributed by atoms with Gasteiger partial charge in [0.15, 0.2) is 15.9 Å². The molecule has 0 aliphatic heterocycles. The molecule has 0 saturated heterocycles. The van der Waals surface area contributed by atoms with Crippen molar-refractivity contribution in [2.45, 2.75) is 30.5 Å². The number of Topliss-reactive ketones (excluding diaryl/α,β-unsaturated/α-hetero) is 2. The third-order valence-electron chi connectivity index (χ3n) is 4.15. The smallest absolute Gasteiger partial charge is 0.192 e. The number of carbonyl (C=O) groups is 2. The van der Waals surface area contributed by atoms with Crippen LogP contribution < -0.4 is 0 Å². The van der Waals surface area contributed by atoms with Gasteiger partial charge in [0.1, 0.15) is 0 Å². The molecule has 112 valence electrons. The van der Waals surface area contributed by atoms with Crippen molar-refractivity contribution in [2.75, 3.05) is 0 Å². The standard InChI is InChI=1S/C19H17BrO2/c1-18(2,3)14-10-6-7-11-15(14)19(20)16(21)12-8-4-5-9-13(12)17(19)22/h4-11H,1-3H3. The Balaban J connectivity index is 2.27. The molecule has 3 heteroatoms. The predicted molar refractivity (Wildman–Crippen MR) is 90.9 cm³/mol. The zero-order valence-electron chi connectivity index (χ0n) is 12.8. The first kappa shape index (κ1) is 15.2. The summed E-state index contributed by atoms with van der Waals surface area (Å²) in [6.07, 6.45) is 0. The maximum absolute atomic E-state index is 12.9. The van der Waals surface area contributed by atoms with Gasteiger partial charge in [0, 0.05) is 11.1 Å². The largest absolute Gasteiger partial charge is 0.292 e. The number of carbonyl (C=O) groups excluding carboxylic acids is 2. The average molecular weight is 357 g/mol. The molecule has 1 aliphatic carbocycles. The van der Waals surface area contributed by atoms with Gasteiger partial charge in [-0.15, -0.1) is 0 Å². The zero-order chi connectivity index (χ0) is 16.1. The van der Waals surface area contributed by atoms with Crippen molar-refractivity contribution in [3.8, 4) is 0 Å². The second kappa shape index (κ2) is 4.88. The average Bonchev–Trinajstić information content (AvgIpc) is 2.70. The lowest BCUT2D eigenvalue weighted by molar-refractivity contribution is 0.0870. The van der Waals surface area contributed by atoms with Gasteiger partial charge in [0.05, 0.1) is 0 Å². The molecular weight excluding hydrogens is 340 g/mol. The van der Waals surface area contributed by atoms with Gasteiger partial charge in [0.25, 0.3) is 0 Å². The summed E-state index contributed by atoms with van der Waals surface area (Å²) in [4.78, 5) is 25.9. The summed E-state index contributed by atoms with van der Waals surface area (Å²) in [5.41, 5.74) is 2.57. The second-order valence-corrected chi connectivity index (χ2v) is 7.85. The molecule has 3 rings (SSSR count). The summed E-state index contributed by atoms with van der Waals surface area (Å²) in [6, 6.07) is 14.7. The Labute approximate surface area is 138 Å². The van der Waals surface area contributed by atoms with Crippen LogP contribution in [-0.4, -0.2) is 11.6 Å². The van der Waals surface area contributed by atoms with Crippen LogP contribution in [0.25, 0.3) is 0 Å². The molecule has 0 radical (unpaired) electrons. The van der Waals surface area contributed by atoms with E-state index in [0.29, 0.717) is 11.1 Å². The predicted octanol–water partition coefficient (Wildman–Crippen LogP) is 4.65. The Morgan fingerprint density at radius 1 is 0.818 bits per heavy atom. The third kappa shape index (κ3) is 1.99. The van der Waals surface area contributed by atoms with Gasteiger partial charge in [0.2, 0.25) is 0 Å². The van der Waals surface area contributed by atoms with Crippen LogP contribution in [0.3, 0.4) is 0 Å². The third-order valence-corrected chi connectivity index (χ3v) is 5.30. The topological polar surface area (TPSA) is 34.1 Å². The van der Waals surface area contributed by atoms with Crippen LogP contribution in [-0.2, 0) is 9.74 Å². The summed E-state index contributed by atoms with van der Waals surface area (Å²) in [6.45, 7) is 6.25. The first-order valence-electron chi connectivity index (χ1n) is 7.25. The van der Waals surface area contributed by atoms with Gasteiger partial charge in [-0.05, 0) is 16.5 Å². The van der Waals surface area contributed by atoms with E-state index in [1.807, 2.05) is 24.3 Å². The Hall–Kier alpha value is -1.74. The molecule has 0 heterocycles. The van der Waals surface area contributed by atoms with Crippen LogP contribution >= 0.6 is 15.9 Å². The van der Waals surface area contributed by atoms with Crippen LogP contribution in [0.2, 0.25) is 0 Å². The Kier molecular flexibility index (Phi) is 3.37. The lowest BCUT2D eigenvalue weighted by atomic mass is 9.78. The number of hydrogen-bond donors (Lipinski definition) is 0. The van der Waals surface area contributed by atoms with Crippen molar-refractivity contribution >= 4 is 27.5 Å². The van der Waals surface area contributed by atoms with E-state index in [1.165, 1.54) is 0 Å². The van der Waals surface area contributed by atoms with E-state index < -0.39 is 4.32 Å². The number of fused-ring (bicyclic) bond motifs is 1. The lowest BCUT2D eigenvalue weighted by Crippen LogP contribution is -2.34. The summed E-state index contributed by atoms with van der Waals surface area (Å²) < 4.78 is -1.30. The maximum Gasteiger partial charge on any atom is 0.192 e. The lowest BCUT2D eigenvalue weighted by Gasteiger charge is -2.29. The molecule has 0 bridgehead atoms. The van der Waals surface area contributed by atoms with Crippen molar-refractivity contribution in [3.05, 3.63) is 70.8 Å². The fourth-order valence-corrected chi connectivity index (χ4v) is 3.81. The zero-order valence-corrected chi connectivity index (χ0v) is 14.4. The Bertz CT molecular complexity index is 749. The molecule has 0 fully saturated rings. The van der Waals surface area contributed by atoms with Crippen molar-refractivity contribution in [1.82, 2.24) is 0 Å². The normalized spacial score (nSPS) is 16.7. The number of alkyl halides is 1. The van der Waals surface area contributed by atoms with E-state index in [2.05, 4.69) is 36.7 Å². The summed E-state index contributed by atoms with van der Waals surface area (Å²) in [5.74, 6) is -0.352. The highest BCUT2D eigenvalue weighted by Gasteiger charge is 2.53. The quantitative estimate of drug-likeness (QED) is 0.550. The van der Waals surface area contributed by atoms with E-state index in [0.717, 1.165) is 11.1 Å². The molecule has 0 amide bonds. The number of benzene rings is 2. The van der Waals surface area contributed by atoms with Crippen LogP contribution in [0.4, 0.5) is 0 Å². The minimum absolute atomic E-state index is 0.160.